The van der Waals surface area contributed by atoms with Gasteiger partial charge in [0.15, 0.2) is 65.4 Å². The first-order chi connectivity index (χ1) is 66.1. The lowest BCUT2D eigenvalue weighted by molar-refractivity contribution is 0.103. The van der Waals surface area contributed by atoms with E-state index in [2.05, 4.69) is 265 Å². The number of carbonyl (C=O) groups is 2. The van der Waals surface area contributed by atoms with E-state index in [1.807, 2.05) is 170 Å². The number of fused-ring (bicyclic) bond motifs is 8. The molecule has 0 spiro atoms. The van der Waals surface area contributed by atoms with Crippen LogP contribution in [0.1, 0.15) is 100 Å². The van der Waals surface area contributed by atoms with Crippen LogP contribution in [0.15, 0.2) is 388 Å². The lowest BCUT2D eigenvalue weighted by Crippen LogP contribution is -2.32. The van der Waals surface area contributed by atoms with Crippen LogP contribution in [0.2, 0.25) is 0 Å². The number of ketones is 2. The van der Waals surface area contributed by atoms with E-state index in [0.29, 0.717) is 102 Å². The maximum atomic E-state index is 13.4. The Morgan fingerprint density at radius 3 is 0.552 bits per heavy atom. The van der Waals surface area contributed by atoms with Crippen LogP contribution < -0.4 is 77.1 Å². The maximum Gasteiger partial charge on any atom is 0.193 e. The third-order valence-electron chi connectivity index (χ3n) is 25.8. The molecule has 0 unspecified atom stereocenters. The summed E-state index contributed by atoms with van der Waals surface area (Å²) < 4.78 is 48.0. The van der Waals surface area contributed by atoms with Gasteiger partial charge in [-0.25, -0.2) is 0 Å². The minimum atomic E-state index is -0.000677. The van der Waals surface area contributed by atoms with Gasteiger partial charge < -0.3 is 77.1 Å². The standard InChI is InChI=1S/C30H28N2O2.2C29H24N2O3.C28H24N2O2/c1-22(23-12-14-29-25(16-23)18-31(20-33-29)27-8-4-2-5-9-27)24-13-15-30-26(17-24)19-32(21-34-30)28-10-6-3-7-11-28;2*32-29(21-11-13-27-23(15-21)17-30(19-33-27)25-7-3-1-4-8-25)22-12-14-28-24(16-22)18-31(20-34-28)26-9-5-2-6-10-26;1-3-7-25(8-4-1)29-17-23-15-21(11-13-27(23)31-19-29)22-12-14-28-24(16-22)18-30(20-32-28)26-9-5-2-6-10-26/h2-17,22H,18-21H2,1H3;2*1-16H,17-20H2;1-16H,17-20H2. The molecule has 0 aliphatic carbocycles. The van der Waals surface area contributed by atoms with Gasteiger partial charge in [-0.05, 0) is 241 Å². The largest absolute Gasteiger partial charge is 0.473 e. The van der Waals surface area contributed by atoms with Gasteiger partial charge in [-0.3, -0.25) is 9.59 Å². The molecule has 0 fully saturated rings. The van der Waals surface area contributed by atoms with Gasteiger partial charge in [-0.1, -0.05) is 177 Å². The molecule has 0 radical (unpaired) electrons. The highest BCUT2D eigenvalue weighted by Crippen LogP contribution is 2.42. The Morgan fingerprint density at radius 1 is 0.194 bits per heavy atom. The number of ether oxygens (including phenoxy) is 8. The van der Waals surface area contributed by atoms with Gasteiger partial charge in [-0.15, -0.1) is 0 Å². The lowest BCUT2D eigenvalue weighted by Gasteiger charge is -2.32. The lowest BCUT2D eigenvalue weighted by atomic mass is 9.90. The van der Waals surface area contributed by atoms with E-state index in [4.69, 9.17) is 37.9 Å². The van der Waals surface area contributed by atoms with E-state index in [-0.39, 0.29) is 17.5 Å². The SMILES string of the molecule is CC(c1ccc2c(c1)CN(c1ccccc1)CO2)c1ccc2c(c1)CN(c1ccccc1)CO2.O=C(c1ccc2c(c1)CN(c1ccccc1)CO2)c1ccc2c(c1)CN(c1ccccc1)CO2.O=C(c1ccc2c(c1)CN(c1ccccc1)CO2)c1ccc2c(c1)CN(c1ccccc1)CO2.c1ccc(N2COc3ccc(-c4ccc5c(c4)CN(c4ccccc4)CO5)cc3C2)cc1. The second-order valence-electron chi connectivity index (χ2n) is 34.5. The van der Waals surface area contributed by atoms with E-state index in [0.717, 1.165) is 117 Å². The van der Waals surface area contributed by atoms with Crippen LogP contribution >= 0.6 is 0 Å². The van der Waals surface area contributed by atoms with Gasteiger partial charge in [0.1, 0.15) is 46.0 Å². The predicted octanol–water partition coefficient (Wildman–Crippen LogP) is 23.9. The molecule has 0 amide bonds. The van der Waals surface area contributed by atoms with Crippen molar-refractivity contribution < 1.29 is 47.5 Å². The fraction of sp³-hybridized carbons (Fsp3) is 0.155. The van der Waals surface area contributed by atoms with E-state index >= 15 is 0 Å². The first-order valence-corrected chi connectivity index (χ1v) is 45.6. The molecule has 8 heterocycles. The monoisotopic (exact) mass is 1760 g/mol. The molecule has 18 nitrogen and oxygen atoms in total. The minimum Gasteiger partial charge on any atom is -0.473 e. The number of rotatable bonds is 15. The van der Waals surface area contributed by atoms with Crippen LogP contribution in [0, 0.1) is 0 Å². The molecule has 24 rings (SSSR count). The molecule has 0 atom stereocenters. The zero-order valence-electron chi connectivity index (χ0n) is 74.5. The van der Waals surface area contributed by atoms with E-state index < -0.39 is 0 Å². The summed E-state index contributed by atoms with van der Waals surface area (Å²) in [5, 5.41) is 0. The van der Waals surface area contributed by atoms with Crippen molar-refractivity contribution in [2.75, 3.05) is 93.0 Å². The van der Waals surface area contributed by atoms with Gasteiger partial charge in [-0.2, -0.15) is 0 Å². The normalized spacial score (nSPS) is 14.6. The zero-order chi connectivity index (χ0) is 90.1. The Bertz CT molecular complexity index is 6240. The van der Waals surface area contributed by atoms with Gasteiger partial charge >= 0.3 is 0 Å². The summed E-state index contributed by atoms with van der Waals surface area (Å²) in [5.74, 6) is 7.52. The predicted molar refractivity (Wildman–Crippen MR) is 530 cm³/mol. The second kappa shape index (κ2) is 38.8. The minimum absolute atomic E-state index is 0.000677. The molecular weight excluding hydrogens is 1670 g/mol. The van der Waals surface area contributed by atoms with Crippen molar-refractivity contribution in [3.05, 3.63) is 466 Å². The molecule has 16 aromatic rings. The summed E-state index contributed by atoms with van der Waals surface area (Å²) in [5.41, 5.74) is 25.7. The summed E-state index contributed by atoms with van der Waals surface area (Å²) in [6.45, 7) is 12.7. The van der Waals surface area contributed by atoms with Gasteiger partial charge in [0.05, 0.1) is 0 Å². The van der Waals surface area contributed by atoms with Crippen molar-refractivity contribution in [3.8, 4) is 57.1 Å². The van der Waals surface area contributed by atoms with Crippen molar-refractivity contribution in [1.82, 2.24) is 0 Å². The first-order valence-electron chi connectivity index (χ1n) is 45.6. The fourth-order valence-electron chi connectivity index (χ4n) is 18.4. The highest BCUT2D eigenvalue weighted by atomic mass is 16.5. The highest BCUT2D eigenvalue weighted by molar-refractivity contribution is 6.10. The molecule has 8 aliphatic rings. The van der Waals surface area contributed by atoms with Gasteiger partial charge in [0.25, 0.3) is 0 Å². The second-order valence-corrected chi connectivity index (χ2v) is 34.5. The fourth-order valence-corrected chi connectivity index (χ4v) is 18.4. The van der Waals surface area contributed by atoms with E-state index in [1.54, 1.807) is 0 Å². The highest BCUT2D eigenvalue weighted by Gasteiger charge is 2.30. The molecule has 8 aliphatic heterocycles. The van der Waals surface area contributed by atoms with Gasteiger partial charge in [0, 0.05) is 171 Å². The molecular formula is C116H100N8O10. The summed E-state index contributed by atoms with van der Waals surface area (Å²) in [4.78, 5) is 44.5. The zero-order valence-corrected chi connectivity index (χ0v) is 74.5. The number of anilines is 8. The Morgan fingerprint density at radius 2 is 0.358 bits per heavy atom. The van der Waals surface area contributed by atoms with Gasteiger partial charge in [0.2, 0.25) is 0 Å². The molecule has 0 saturated carbocycles. The number of hydrogen-bond acceptors (Lipinski definition) is 18. The van der Waals surface area contributed by atoms with Crippen molar-refractivity contribution >= 4 is 57.1 Å². The van der Waals surface area contributed by atoms with Crippen molar-refractivity contribution in [2.45, 2.75) is 65.2 Å². The first kappa shape index (κ1) is 84.5. The molecule has 0 aromatic heterocycles. The van der Waals surface area contributed by atoms with Crippen LogP contribution in [0.3, 0.4) is 0 Å². The van der Waals surface area contributed by atoms with Crippen molar-refractivity contribution in [1.29, 1.82) is 0 Å². The van der Waals surface area contributed by atoms with Crippen LogP contribution in [0.25, 0.3) is 11.1 Å². The van der Waals surface area contributed by atoms with Crippen LogP contribution in [0.5, 0.6) is 46.0 Å². The van der Waals surface area contributed by atoms with E-state index in [9.17, 15) is 9.59 Å². The molecule has 664 valence electrons. The Balaban J connectivity index is 0.000000107. The summed E-state index contributed by atoms with van der Waals surface area (Å²) in [6, 6.07) is 132. The number of benzene rings is 16. The topological polar surface area (TPSA) is 134 Å². The summed E-state index contributed by atoms with van der Waals surface area (Å²) in [7, 11) is 0. The van der Waals surface area contributed by atoms with Crippen molar-refractivity contribution in [3.63, 3.8) is 0 Å². The number of carbonyl (C=O) groups excluding carboxylic acids is 2. The molecule has 16 aromatic carbocycles. The summed E-state index contributed by atoms with van der Waals surface area (Å²) >= 11 is 0. The van der Waals surface area contributed by atoms with Crippen LogP contribution in [-0.4, -0.2) is 65.4 Å². The van der Waals surface area contributed by atoms with E-state index in [1.165, 1.54) is 67.3 Å². The Hall–Kier alpha value is -16.3. The Labute approximate surface area is 781 Å². The maximum absolute atomic E-state index is 13.4. The van der Waals surface area contributed by atoms with Crippen LogP contribution in [0.4, 0.5) is 45.5 Å². The molecule has 0 bridgehead atoms. The quantitative estimate of drug-likeness (QED) is 0.0900. The number of hydrogen-bond donors (Lipinski definition) is 0. The third kappa shape index (κ3) is 18.9. The molecule has 18 heteroatoms. The molecule has 0 N–H and O–H groups in total. The molecule has 134 heavy (non-hydrogen) atoms. The number of nitrogens with zero attached hydrogens (tertiary/aromatic N) is 8. The third-order valence-corrected chi connectivity index (χ3v) is 25.8. The van der Waals surface area contributed by atoms with Crippen molar-refractivity contribution in [2.24, 2.45) is 0 Å². The smallest absolute Gasteiger partial charge is 0.193 e. The Kier molecular flexibility index (Phi) is 24.4. The average molecular weight is 1770 g/mol. The van der Waals surface area contributed by atoms with Crippen LogP contribution in [-0.2, 0) is 52.4 Å². The average Bonchev–Trinajstić information content (AvgIpc) is 0.794. The molecule has 0 saturated heterocycles. The number of para-hydroxylation sites is 8. The summed E-state index contributed by atoms with van der Waals surface area (Å²) in [6.07, 6.45) is 0.